The first-order chi connectivity index (χ1) is 22.2. The molecule has 1 saturated carbocycles. The van der Waals surface area contributed by atoms with Crippen LogP contribution in [-0.4, -0.2) is 89.0 Å². The van der Waals surface area contributed by atoms with Crippen molar-refractivity contribution in [1.82, 2.24) is 19.9 Å². The van der Waals surface area contributed by atoms with E-state index in [1.807, 2.05) is 0 Å². The average Bonchev–Trinajstić information content (AvgIpc) is 3.51. The van der Waals surface area contributed by atoms with Crippen LogP contribution < -0.4 is 15.4 Å². The Morgan fingerprint density at radius 1 is 1.20 bits per heavy atom. The lowest BCUT2D eigenvalue weighted by molar-refractivity contribution is -0.125. The molecule has 4 aliphatic rings. The fourth-order valence-corrected chi connectivity index (χ4v) is 7.43. The van der Waals surface area contributed by atoms with Gasteiger partial charge in [0.2, 0.25) is 0 Å². The van der Waals surface area contributed by atoms with Gasteiger partial charge in [0.15, 0.2) is 11.6 Å². The van der Waals surface area contributed by atoms with E-state index in [2.05, 4.69) is 20.9 Å². The highest BCUT2D eigenvalue weighted by Crippen LogP contribution is 2.45. The van der Waals surface area contributed by atoms with Crippen molar-refractivity contribution in [3.63, 3.8) is 0 Å². The maximum absolute atomic E-state index is 16.8. The quantitative estimate of drug-likeness (QED) is 0.199. The zero-order valence-electron chi connectivity index (χ0n) is 24.5. The molecule has 0 radical (unpaired) electrons. The molecule has 5 atom stereocenters. The number of nitrogen functional groups attached to an aromatic ring is 1. The number of pyridine rings is 1. The van der Waals surface area contributed by atoms with Crippen molar-refractivity contribution in [2.75, 3.05) is 50.1 Å². The van der Waals surface area contributed by atoms with Gasteiger partial charge in [0, 0.05) is 61.2 Å². The molecule has 2 N–H and O–H groups in total. The Morgan fingerprint density at radius 3 is 2.87 bits per heavy atom. The highest BCUT2D eigenvalue weighted by Gasteiger charge is 2.57. The number of rotatable bonds is 5. The minimum Gasteiger partial charge on any atom is -0.461 e. The van der Waals surface area contributed by atoms with E-state index >= 15 is 4.39 Å². The van der Waals surface area contributed by atoms with Crippen LogP contribution in [0.2, 0.25) is 0 Å². The van der Waals surface area contributed by atoms with E-state index in [1.165, 1.54) is 24.4 Å². The summed E-state index contributed by atoms with van der Waals surface area (Å²) in [4.78, 5) is 29.8. The number of halogens is 4. The Labute approximate surface area is 260 Å². The minimum absolute atomic E-state index is 0.0258. The number of benzene rings is 2. The first kappa shape index (κ1) is 28.9. The van der Waals surface area contributed by atoms with Gasteiger partial charge in [0.25, 0.3) is 0 Å². The van der Waals surface area contributed by atoms with Crippen molar-refractivity contribution in [2.45, 2.75) is 36.8 Å². The summed E-state index contributed by atoms with van der Waals surface area (Å²) in [5.41, 5.74) is 4.95. The molecule has 4 aromatic rings. The zero-order valence-corrected chi connectivity index (χ0v) is 24.5. The second-order valence-corrected chi connectivity index (χ2v) is 12.4. The third-order valence-corrected chi connectivity index (χ3v) is 9.73. The van der Waals surface area contributed by atoms with Crippen LogP contribution in [0.25, 0.3) is 32.9 Å². The summed E-state index contributed by atoms with van der Waals surface area (Å²) in [6.07, 6.45) is 4.92. The number of terminal acetylenes is 1. The number of ether oxygens (including phenoxy) is 2. The predicted octanol–water partition coefficient (Wildman–Crippen LogP) is 3.99. The van der Waals surface area contributed by atoms with Gasteiger partial charge < -0.3 is 20.1 Å². The molecule has 3 aliphatic heterocycles. The van der Waals surface area contributed by atoms with Crippen LogP contribution in [-0.2, 0) is 9.53 Å². The SMILES string of the molecule is C#Cc1c(F)ccc2cc(N)cc(-c3ncc4c(N5CCOC[C@H]6[C@H](F)[C@H]65)nc(OC[C@]56C[C@@H](F)CN5CCC6=O)nc4c3F)c12. The molecular weight excluding hydrogens is 604 g/mol. The Kier molecular flexibility index (Phi) is 6.60. The van der Waals surface area contributed by atoms with Crippen molar-refractivity contribution in [3.8, 4) is 29.6 Å². The largest absolute Gasteiger partial charge is 0.461 e. The van der Waals surface area contributed by atoms with Crippen LogP contribution in [0.1, 0.15) is 18.4 Å². The van der Waals surface area contributed by atoms with Crippen LogP contribution in [0.4, 0.5) is 29.1 Å². The zero-order chi connectivity index (χ0) is 31.9. The first-order valence-corrected chi connectivity index (χ1v) is 15.1. The van der Waals surface area contributed by atoms with Gasteiger partial charge in [-0.05, 0) is 23.6 Å². The van der Waals surface area contributed by atoms with Gasteiger partial charge in [-0.2, -0.15) is 9.97 Å². The van der Waals surface area contributed by atoms with Gasteiger partial charge in [0.1, 0.15) is 47.3 Å². The van der Waals surface area contributed by atoms with Crippen molar-refractivity contribution >= 4 is 39.0 Å². The highest BCUT2D eigenvalue weighted by molar-refractivity contribution is 6.03. The van der Waals surface area contributed by atoms with Crippen LogP contribution in [0, 0.1) is 29.9 Å². The number of alkyl halides is 2. The van der Waals surface area contributed by atoms with Crippen molar-refractivity contribution in [1.29, 1.82) is 0 Å². The number of Topliss-reactive ketones (excluding diaryl/α,β-unsaturated/α-hetero) is 1. The molecule has 5 heterocycles. The van der Waals surface area contributed by atoms with Gasteiger partial charge in [-0.3, -0.25) is 14.7 Å². The van der Waals surface area contributed by atoms with Crippen LogP contribution in [0.5, 0.6) is 6.01 Å². The van der Waals surface area contributed by atoms with Crippen molar-refractivity contribution in [3.05, 3.63) is 47.7 Å². The number of fused-ring (bicyclic) bond motifs is 4. The molecular formula is C33H28F4N6O3. The normalized spacial score (nSPS) is 27.5. The number of nitrogens with zero attached hydrogens (tertiary/aromatic N) is 5. The molecule has 0 amide bonds. The van der Waals surface area contributed by atoms with Crippen LogP contribution in [0.3, 0.4) is 0 Å². The summed E-state index contributed by atoms with van der Waals surface area (Å²) in [6, 6.07) is 4.95. The van der Waals surface area contributed by atoms with E-state index in [9.17, 15) is 18.0 Å². The molecule has 236 valence electrons. The highest BCUT2D eigenvalue weighted by atomic mass is 19.1. The molecule has 4 fully saturated rings. The number of hydrogen-bond acceptors (Lipinski definition) is 9. The molecule has 9 nitrogen and oxygen atoms in total. The second-order valence-electron chi connectivity index (χ2n) is 12.4. The molecule has 2 aromatic heterocycles. The molecule has 1 aliphatic carbocycles. The topological polar surface area (TPSA) is 107 Å². The molecule has 8 rings (SSSR count). The van der Waals surface area contributed by atoms with E-state index in [-0.39, 0.29) is 108 Å². The van der Waals surface area contributed by atoms with E-state index in [4.69, 9.17) is 21.6 Å². The smallest absolute Gasteiger partial charge is 0.319 e. The fourth-order valence-electron chi connectivity index (χ4n) is 7.43. The number of hydrogen-bond donors (Lipinski definition) is 1. The molecule has 46 heavy (non-hydrogen) atoms. The third-order valence-electron chi connectivity index (χ3n) is 9.73. The van der Waals surface area contributed by atoms with Gasteiger partial charge >= 0.3 is 6.01 Å². The van der Waals surface area contributed by atoms with Crippen molar-refractivity contribution in [2.24, 2.45) is 5.92 Å². The standard InChI is InChI=1S/C33H28F4N6O3/c1-2-19-23(35)4-3-16-9-18(38)10-20(25(16)19)28-27(37)29-21(12-39-28)31(43-7-8-45-14-22-26(36)30(22)43)41-32(40-29)46-15-33-11-17(34)13-42(33)6-5-24(33)44/h1,3-4,9-10,12,17,22,26,30H,5-8,11,13-15,38H2/t17-,22+,26+,30+,33+/m1/s1. The molecule has 0 bridgehead atoms. The van der Waals surface area contributed by atoms with Crippen LogP contribution in [0.15, 0.2) is 30.5 Å². The van der Waals surface area contributed by atoms with Gasteiger partial charge in [0.05, 0.1) is 30.2 Å². The average molecular weight is 633 g/mol. The van der Waals surface area contributed by atoms with Gasteiger partial charge in [-0.1, -0.05) is 12.0 Å². The van der Waals surface area contributed by atoms with Crippen LogP contribution >= 0.6 is 0 Å². The summed E-state index contributed by atoms with van der Waals surface area (Å²) in [6.45, 7) is 1.09. The van der Waals surface area contributed by atoms with Gasteiger partial charge in [-0.15, -0.1) is 6.42 Å². The monoisotopic (exact) mass is 632 g/mol. The van der Waals surface area contributed by atoms with Gasteiger partial charge in [-0.25, -0.2) is 17.6 Å². The number of anilines is 2. The summed E-state index contributed by atoms with van der Waals surface area (Å²) in [5, 5.41) is 0.926. The third kappa shape index (κ3) is 4.30. The van der Waals surface area contributed by atoms with E-state index in [0.29, 0.717) is 11.9 Å². The molecule has 3 saturated heterocycles. The lowest BCUT2D eigenvalue weighted by Gasteiger charge is -2.29. The number of carbonyl (C=O) groups is 1. The van der Waals surface area contributed by atoms with E-state index < -0.39 is 35.6 Å². The minimum atomic E-state index is -1.19. The van der Waals surface area contributed by atoms with E-state index in [0.717, 1.165) is 0 Å². The summed E-state index contributed by atoms with van der Waals surface area (Å²) in [5.74, 6) is 0.468. The Hall–Kier alpha value is -4.54. The summed E-state index contributed by atoms with van der Waals surface area (Å²) in [7, 11) is 0. The lowest BCUT2D eigenvalue weighted by Crippen LogP contribution is -2.48. The lowest BCUT2D eigenvalue weighted by atomic mass is 9.93. The second kappa shape index (κ2) is 10.5. The Morgan fingerprint density at radius 2 is 2.04 bits per heavy atom. The predicted molar refractivity (Wildman–Crippen MR) is 162 cm³/mol. The molecule has 13 heteroatoms. The molecule has 2 aromatic carbocycles. The Bertz CT molecular complexity index is 1990. The Balaban J connectivity index is 1.30. The fraction of sp³-hybridized carbons (Fsp3) is 0.394. The summed E-state index contributed by atoms with van der Waals surface area (Å²) >= 11 is 0. The molecule has 0 unspecified atom stereocenters. The number of ketones is 1. The maximum atomic E-state index is 16.8. The summed E-state index contributed by atoms with van der Waals surface area (Å²) < 4.78 is 72.6. The van der Waals surface area contributed by atoms with E-state index in [1.54, 1.807) is 15.9 Å². The number of carbonyl (C=O) groups excluding carboxylic acids is 1. The first-order valence-electron chi connectivity index (χ1n) is 15.1. The maximum Gasteiger partial charge on any atom is 0.319 e. The number of nitrogens with two attached hydrogens (primary N) is 1. The molecule has 0 spiro atoms. The van der Waals surface area contributed by atoms with Crippen molar-refractivity contribution < 1.29 is 31.8 Å². The number of aromatic nitrogens is 3.